The number of aliphatic hydroxyl groups excluding tert-OH is 1. The van der Waals surface area contributed by atoms with E-state index in [2.05, 4.69) is 46.5 Å². The molecule has 4 N–H and O–H groups in total. The van der Waals surface area contributed by atoms with Crippen LogP contribution in [-0.4, -0.2) is 133 Å². The fourth-order valence-electron chi connectivity index (χ4n) is 12.9. The van der Waals surface area contributed by atoms with Crippen molar-refractivity contribution in [3.8, 4) is 51.7 Å². The summed E-state index contributed by atoms with van der Waals surface area (Å²) in [6.07, 6.45) is 12.2. The number of thiazole rings is 1. The average molecular weight is 1110 g/mol. The van der Waals surface area contributed by atoms with Crippen molar-refractivity contribution >= 4 is 50.6 Å². The van der Waals surface area contributed by atoms with E-state index >= 15 is 8.78 Å². The van der Waals surface area contributed by atoms with E-state index in [0.717, 1.165) is 73.3 Å². The van der Waals surface area contributed by atoms with Gasteiger partial charge >= 0.3 is 6.01 Å². The van der Waals surface area contributed by atoms with Crippen LogP contribution >= 0.6 is 11.3 Å². The van der Waals surface area contributed by atoms with Crippen LogP contribution < -0.4 is 25.0 Å². The summed E-state index contributed by atoms with van der Waals surface area (Å²) in [6.45, 7) is 11.7. The molecule has 4 aliphatic heterocycles. The number of nitrogens with one attached hydrogen (secondary N) is 2. The molecule has 80 heavy (non-hydrogen) atoms. The van der Waals surface area contributed by atoms with Crippen LogP contribution in [0.3, 0.4) is 0 Å². The number of pyridine rings is 1. The lowest BCUT2D eigenvalue weighted by Crippen LogP contribution is -2.51. The lowest BCUT2D eigenvalue weighted by Gasteiger charge is -2.51. The third-order valence-corrected chi connectivity index (χ3v) is 18.1. The van der Waals surface area contributed by atoms with Gasteiger partial charge in [0.25, 0.3) is 5.88 Å². The minimum absolute atomic E-state index is 0.00231. The number of aromatic nitrogens is 5. The van der Waals surface area contributed by atoms with Crippen molar-refractivity contribution in [2.24, 2.45) is 11.3 Å². The molecule has 4 aromatic heterocycles. The topological polar surface area (TPSA) is 204 Å². The largest absolute Gasteiger partial charge is 0.508 e. The zero-order valence-electron chi connectivity index (χ0n) is 45.1. The van der Waals surface area contributed by atoms with E-state index < -0.39 is 29.7 Å². The fourth-order valence-corrected chi connectivity index (χ4v) is 13.7. The Hall–Kier alpha value is -7.31. The van der Waals surface area contributed by atoms with Gasteiger partial charge in [0.1, 0.15) is 53.3 Å². The van der Waals surface area contributed by atoms with Crippen LogP contribution in [0.4, 0.5) is 14.6 Å². The van der Waals surface area contributed by atoms with E-state index in [-0.39, 0.29) is 106 Å². The van der Waals surface area contributed by atoms with Crippen LogP contribution in [0.15, 0.2) is 70.8 Å². The highest BCUT2D eigenvalue weighted by atomic mass is 32.1. The molecule has 4 saturated heterocycles. The molecule has 1 aliphatic carbocycles. The molecule has 5 fully saturated rings. The second-order valence-corrected chi connectivity index (χ2v) is 23.7. The summed E-state index contributed by atoms with van der Waals surface area (Å²) in [7, 11) is 0. The number of fused-ring (bicyclic) bond motifs is 4. The molecule has 2 unspecified atom stereocenters. The Morgan fingerprint density at radius 2 is 1.77 bits per heavy atom. The normalized spacial score (nSPS) is 21.7. The zero-order valence-corrected chi connectivity index (χ0v) is 45.9. The zero-order chi connectivity index (χ0) is 55.6. The number of halogens is 2. The first-order chi connectivity index (χ1) is 38.6. The number of aromatic hydroxyl groups is 1. The number of benzene rings is 3. The van der Waals surface area contributed by atoms with Gasteiger partial charge in [0, 0.05) is 67.9 Å². The first-order valence-corrected chi connectivity index (χ1v) is 28.6. The number of ether oxygens (including phenoxy) is 2. The highest BCUT2D eigenvalue weighted by molar-refractivity contribution is 7.13. The van der Waals surface area contributed by atoms with Gasteiger partial charge in [-0.25, -0.2) is 13.8 Å². The molecule has 1 spiro atoms. The molecule has 1 saturated carbocycles. The van der Waals surface area contributed by atoms with Gasteiger partial charge in [0.2, 0.25) is 11.8 Å². The van der Waals surface area contributed by atoms with E-state index in [0.29, 0.717) is 47.9 Å². The van der Waals surface area contributed by atoms with Gasteiger partial charge in [-0.1, -0.05) is 50.1 Å². The van der Waals surface area contributed by atoms with Crippen molar-refractivity contribution in [1.82, 2.24) is 45.5 Å². The van der Waals surface area contributed by atoms with Crippen LogP contribution in [0.5, 0.6) is 17.6 Å². The van der Waals surface area contributed by atoms with Crippen molar-refractivity contribution in [1.29, 1.82) is 0 Å². The Morgan fingerprint density at radius 3 is 2.49 bits per heavy atom. The molecule has 2 amide bonds. The molecule has 2 bridgehead atoms. The van der Waals surface area contributed by atoms with Crippen LogP contribution in [0.1, 0.15) is 100 Å². The van der Waals surface area contributed by atoms with Crippen molar-refractivity contribution in [2.45, 2.75) is 115 Å². The van der Waals surface area contributed by atoms with Gasteiger partial charge in [0.15, 0.2) is 11.6 Å². The second kappa shape index (κ2) is 21.6. The van der Waals surface area contributed by atoms with Crippen LogP contribution in [0.2, 0.25) is 0 Å². The molecule has 8 heterocycles. The van der Waals surface area contributed by atoms with Gasteiger partial charge in [-0.3, -0.25) is 19.5 Å². The molecule has 17 nitrogen and oxygen atoms in total. The maximum absolute atomic E-state index is 17.1. The van der Waals surface area contributed by atoms with Crippen molar-refractivity contribution < 1.29 is 42.6 Å². The Bertz CT molecular complexity index is 3520. The average Bonchev–Trinajstić information content (AvgIpc) is 4.25. The number of hydrogen-bond donors (Lipinski definition) is 4. The number of piperidine rings is 1. The van der Waals surface area contributed by atoms with Crippen LogP contribution in [-0.2, 0) is 9.59 Å². The summed E-state index contributed by atoms with van der Waals surface area (Å²) < 4.78 is 50.6. The summed E-state index contributed by atoms with van der Waals surface area (Å²) in [5.41, 5.74) is 4.83. The van der Waals surface area contributed by atoms with Crippen LogP contribution in [0, 0.1) is 42.2 Å². The maximum atomic E-state index is 17.1. The third-order valence-electron chi connectivity index (χ3n) is 17.2. The number of terminal acetylenes is 1. The monoisotopic (exact) mass is 1110 g/mol. The molecule has 12 rings (SSSR count). The predicted molar refractivity (Wildman–Crippen MR) is 298 cm³/mol. The number of rotatable bonds is 15. The molecule has 20 heteroatoms. The number of phenols is 1. The van der Waals surface area contributed by atoms with Crippen molar-refractivity contribution in [3.63, 3.8) is 0 Å². The Labute approximate surface area is 466 Å². The predicted octanol–water partition coefficient (Wildman–Crippen LogP) is 8.45. The first kappa shape index (κ1) is 53.3. The van der Waals surface area contributed by atoms with Gasteiger partial charge in [-0.05, 0) is 117 Å². The number of anilines is 1. The minimum atomic E-state index is -0.855. The lowest BCUT2D eigenvalue weighted by molar-refractivity contribution is -0.141. The fraction of sp³-hybridized carbons (Fsp3) is 0.450. The number of carbonyl (C=O) groups is 2. The van der Waals surface area contributed by atoms with Crippen LogP contribution in [0.25, 0.3) is 43.4 Å². The SMILES string of the molecule is C#Cc1c(F)ccc2cc(O)cc(-c3ncc4c(N5CC6CCC(C5)N6)nc(OCCN5CCC6(CC5)CC(Oc5cc([C@H](C(=O)N7C[C@H](O)C[C@H]7C(=O)N[C@@H](C)c7ccc(-c8scnc8C)cc7)C(C)C)on5)C6)nc4c3F)c12. The van der Waals surface area contributed by atoms with Gasteiger partial charge < -0.3 is 44.6 Å². The van der Waals surface area contributed by atoms with Gasteiger partial charge in [0.05, 0.1) is 39.2 Å². The molecule has 7 aromatic rings. The molecule has 5 aliphatic rings. The number of carbonyl (C=O) groups excluding carboxylic acids is 2. The van der Waals surface area contributed by atoms with E-state index in [4.69, 9.17) is 25.4 Å². The number of piperazine rings is 1. The summed E-state index contributed by atoms with van der Waals surface area (Å²) in [5.74, 6) is 0.423. The first-order valence-electron chi connectivity index (χ1n) is 27.7. The summed E-state index contributed by atoms with van der Waals surface area (Å²) in [5, 5.41) is 33.6. The second-order valence-electron chi connectivity index (χ2n) is 22.9. The molecule has 6 atom stereocenters. The van der Waals surface area contributed by atoms with E-state index in [9.17, 15) is 19.8 Å². The third kappa shape index (κ3) is 10.3. The highest BCUT2D eigenvalue weighted by Crippen LogP contribution is 2.51. The maximum Gasteiger partial charge on any atom is 0.319 e. The number of aliphatic hydroxyl groups is 1. The Balaban J connectivity index is 0.661. The van der Waals surface area contributed by atoms with E-state index in [1.165, 1.54) is 35.4 Å². The number of hydrogen-bond acceptors (Lipinski definition) is 16. The summed E-state index contributed by atoms with van der Waals surface area (Å²) >= 11 is 1.58. The summed E-state index contributed by atoms with van der Waals surface area (Å²) in [6, 6.07) is 14.6. The number of amides is 2. The van der Waals surface area contributed by atoms with E-state index in [1.807, 2.05) is 57.5 Å². The number of phenolic OH excluding ortho intramolecular Hbond substituents is 1. The molecular formula is C60H64F2N10O7S. The molecule has 0 radical (unpaired) electrons. The smallest absolute Gasteiger partial charge is 0.319 e. The van der Waals surface area contributed by atoms with Gasteiger partial charge in [-0.2, -0.15) is 9.97 Å². The highest BCUT2D eigenvalue weighted by Gasteiger charge is 2.48. The number of likely N-dealkylation sites (tertiary alicyclic amines) is 2. The standard InChI is InChI=1S/C60H64F2N10O7S/c1-6-43-46(61)14-11-37-21-40(73)22-44(51(37)43)53-52(62)54-45(27-63-53)56(71-28-38-12-13-39(29-71)66-38)68-59(67-54)77-20-19-70-17-15-60(16-18-70)25-42(26-60)78-49-24-48(79-69-49)50(32(2)3)58(76)72-30-41(74)23-47(72)57(75)65-33(4)35-7-9-36(10-8-35)55-34(5)64-31-80-55/h1,7-11,14,21-22,24,27,31-33,38-39,41-42,47,50,66,73-74H,12-13,15-20,23,25-26,28-30H2,2-5H3,(H,65,75)/t33-,38?,39?,41+,47-,50+/m0/s1. The molecule has 416 valence electrons. The Morgan fingerprint density at radius 1 is 1.01 bits per heavy atom. The number of nitrogens with zero attached hydrogens (tertiary/aromatic N) is 8. The molecule has 3 aromatic carbocycles. The number of β-amino-alcohol motifs (C(OH)–C–C–N with tert-alkyl or cyclic N) is 1. The van der Waals surface area contributed by atoms with Crippen molar-refractivity contribution in [3.05, 3.63) is 101 Å². The van der Waals surface area contributed by atoms with Gasteiger partial charge in [-0.15, -0.1) is 17.8 Å². The quantitative estimate of drug-likeness (QED) is 0.0712. The Kier molecular flexibility index (Phi) is 14.4. The molecular weight excluding hydrogens is 1040 g/mol. The number of aryl methyl sites for hydroxylation is 1. The summed E-state index contributed by atoms with van der Waals surface area (Å²) in [4.78, 5) is 53.7. The van der Waals surface area contributed by atoms with Crippen molar-refractivity contribution in [2.75, 3.05) is 50.8 Å². The van der Waals surface area contributed by atoms with E-state index in [1.54, 1.807) is 17.4 Å². The minimum Gasteiger partial charge on any atom is -0.508 e. The lowest BCUT2D eigenvalue weighted by atomic mass is 9.61.